The molecule has 1 aromatic rings. The fourth-order valence-corrected chi connectivity index (χ4v) is 7.88. The third-order valence-electron chi connectivity index (χ3n) is 10.3. The van der Waals surface area contributed by atoms with Gasteiger partial charge in [-0.05, 0) is 85.8 Å². The zero-order chi connectivity index (χ0) is 26.7. The van der Waals surface area contributed by atoms with Gasteiger partial charge >= 0.3 is 0 Å². The largest absolute Gasteiger partial charge is 0.492 e. The normalized spacial score (nSPS) is 28.2. The van der Waals surface area contributed by atoms with Crippen LogP contribution in [0.1, 0.15) is 141 Å². The third kappa shape index (κ3) is 8.49. The van der Waals surface area contributed by atoms with E-state index < -0.39 is 0 Å². The number of hydrogen-bond acceptors (Lipinski definition) is 1. The first-order valence-electron chi connectivity index (χ1n) is 16.4. The van der Waals surface area contributed by atoms with Crippen LogP contribution >= 0.6 is 11.6 Å². The van der Waals surface area contributed by atoms with Crippen LogP contribution in [-0.2, 0) is 0 Å². The first-order valence-corrected chi connectivity index (χ1v) is 16.8. The summed E-state index contributed by atoms with van der Waals surface area (Å²) in [6.45, 7) is 5.02. The molecule has 214 valence electrons. The van der Waals surface area contributed by atoms with Gasteiger partial charge < -0.3 is 4.74 Å². The van der Waals surface area contributed by atoms with E-state index in [0.717, 1.165) is 60.8 Å². The lowest BCUT2D eigenvalue weighted by molar-refractivity contribution is 0.175. The summed E-state index contributed by atoms with van der Waals surface area (Å²) in [6.07, 6.45) is 28.0. The molecular formula is C35H54ClFO. The van der Waals surface area contributed by atoms with Crippen LogP contribution in [0.3, 0.4) is 0 Å². The van der Waals surface area contributed by atoms with Crippen LogP contribution in [0.5, 0.6) is 5.75 Å². The molecule has 3 aliphatic carbocycles. The predicted octanol–water partition coefficient (Wildman–Crippen LogP) is 11.8. The summed E-state index contributed by atoms with van der Waals surface area (Å²) in [5, 5.41) is 0.139. The van der Waals surface area contributed by atoms with Gasteiger partial charge in [0.05, 0.1) is 6.61 Å². The van der Waals surface area contributed by atoms with Crippen LogP contribution in [0.15, 0.2) is 18.2 Å². The monoisotopic (exact) mass is 544 g/mol. The smallest absolute Gasteiger partial charge is 0.153 e. The molecule has 2 fully saturated rings. The van der Waals surface area contributed by atoms with Gasteiger partial charge in [-0.25, -0.2) is 4.39 Å². The van der Waals surface area contributed by atoms with Crippen LogP contribution < -0.4 is 4.74 Å². The molecule has 0 aliphatic heterocycles. The average molecular weight is 545 g/mol. The van der Waals surface area contributed by atoms with Crippen molar-refractivity contribution in [3.63, 3.8) is 0 Å². The molecule has 0 spiro atoms. The average Bonchev–Trinajstić information content (AvgIpc) is 2.96. The minimum atomic E-state index is -0.309. The molecule has 0 saturated heterocycles. The van der Waals surface area contributed by atoms with Crippen molar-refractivity contribution in [3.8, 4) is 5.75 Å². The third-order valence-corrected chi connectivity index (χ3v) is 10.7. The fraction of sp³-hybridized carbons (Fsp3) is 0.771. The molecule has 0 bridgehead atoms. The molecule has 1 atom stereocenters. The fourth-order valence-electron chi connectivity index (χ4n) is 7.66. The standard InChI is InChI=1S/C35H54ClFO/c1-3-5-7-8-26-9-11-27(12-10-26)13-14-28-15-17-29(18-16-28)30-19-21-31(22-20-30)32-23-24-33(34(36)35(32)37)38-25-6-4-2/h21,23-24,26-30H,3-20,22,25H2,1-2H3. The van der Waals surface area contributed by atoms with Crippen LogP contribution in [0, 0.1) is 35.4 Å². The molecule has 0 radical (unpaired) electrons. The lowest BCUT2D eigenvalue weighted by atomic mass is 9.69. The van der Waals surface area contributed by atoms with Crippen molar-refractivity contribution < 1.29 is 9.13 Å². The molecule has 0 amide bonds. The van der Waals surface area contributed by atoms with Gasteiger partial charge in [-0.3, -0.25) is 0 Å². The van der Waals surface area contributed by atoms with Crippen molar-refractivity contribution in [2.45, 2.75) is 136 Å². The molecule has 0 aromatic heterocycles. The Morgan fingerprint density at radius 3 is 2.00 bits per heavy atom. The summed E-state index contributed by atoms with van der Waals surface area (Å²) in [4.78, 5) is 0. The van der Waals surface area contributed by atoms with Crippen LogP contribution in [0.2, 0.25) is 5.02 Å². The zero-order valence-electron chi connectivity index (χ0n) is 24.4. The Kier molecular flexibility index (Phi) is 12.4. The van der Waals surface area contributed by atoms with Crippen molar-refractivity contribution in [2.75, 3.05) is 6.61 Å². The topological polar surface area (TPSA) is 9.23 Å². The van der Waals surface area contributed by atoms with Crippen molar-refractivity contribution in [1.29, 1.82) is 0 Å². The maximum atomic E-state index is 15.1. The van der Waals surface area contributed by atoms with Gasteiger partial charge in [-0.15, -0.1) is 0 Å². The van der Waals surface area contributed by atoms with Crippen LogP contribution in [0.25, 0.3) is 5.57 Å². The van der Waals surface area contributed by atoms with E-state index in [-0.39, 0.29) is 10.8 Å². The lowest BCUT2D eigenvalue weighted by Crippen LogP contribution is -2.24. The molecule has 0 heterocycles. The van der Waals surface area contributed by atoms with Gasteiger partial charge in [-0.2, -0.15) is 0 Å². The second kappa shape index (κ2) is 15.7. The van der Waals surface area contributed by atoms with E-state index in [1.807, 2.05) is 12.1 Å². The summed E-state index contributed by atoms with van der Waals surface area (Å²) in [7, 11) is 0. The summed E-state index contributed by atoms with van der Waals surface area (Å²) >= 11 is 6.34. The maximum Gasteiger partial charge on any atom is 0.153 e. The molecule has 38 heavy (non-hydrogen) atoms. The van der Waals surface area contributed by atoms with Gasteiger partial charge in [0.15, 0.2) is 5.82 Å². The number of rotatable bonds is 13. The molecule has 3 aliphatic rings. The molecule has 0 N–H and O–H groups in total. The van der Waals surface area contributed by atoms with E-state index >= 15 is 4.39 Å². The molecule has 2 saturated carbocycles. The molecule has 4 rings (SSSR count). The number of halogens is 2. The van der Waals surface area contributed by atoms with Crippen molar-refractivity contribution in [2.24, 2.45) is 29.6 Å². The molecule has 1 unspecified atom stereocenters. The van der Waals surface area contributed by atoms with Gasteiger partial charge in [0, 0.05) is 5.56 Å². The van der Waals surface area contributed by atoms with Gasteiger partial charge in [0.2, 0.25) is 0 Å². The predicted molar refractivity (Wildman–Crippen MR) is 161 cm³/mol. The SMILES string of the molecule is CCCCCC1CCC(CCC2CCC(C3CC=C(c4ccc(OCCCC)c(Cl)c4F)CC3)CC2)CC1. The first-order chi connectivity index (χ1) is 18.6. The maximum absolute atomic E-state index is 15.1. The minimum absolute atomic E-state index is 0.139. The number of unbranched alkanes of at least 4 members (excludes halogenated alkanes) is 3. The highest BCUT2D eigenvalue weighted by molar-refractivity contribution is 6.32. The molecule has 1 nitrogen and oxygen atoms in total. The summed E-state index contributed by atoms with van der Waals surface area (Å²) in [5.41, 5.74) is 1.81. The second-order valence-electron chi connectivity index (χ2n) is 12.9. The highest BCUT2D eigenvalue weighted by atomic mass is 35.5. The van der Waals surface area contributed by atoms with E-state index in [1.54, 1.807) is 0 Å². The van der Waals surface area contributed by atoms with E-state index in [2.05, 4.69) is 19.9 Å². The Labute approximate surface area is 238 Å². The van der Waals surface area contributed by atoms with Crippen molar-refractivity contribution in [3.05, 3.63) is 34.6 Å². The first kappa shape index (κ1) is 30.0. The highest BCUT2D eigenvalue weighted by Crippen LogP contribution is 2.44. The van der Waals surface area contributed by atoms with Gasteiger partial charge in [0.25, 0.3) is 0 Å². The summed E-state index contributed by atoms with van der Waals surface area (Å²) < 4.78 is 20.8. The number of benzene rings is 1. The van der Waals surface area contributed by atoms with Gasteiger partial charge in [0.1, 0.15) is 10.8 Å². The summed E-state index contributed by atoms with van der Waals surface area (Å²) in [5.74, 6) is 4.83. The van der Waals surface area contributed by atoms with E-state index in [0.29, 0.717) is 17.9 Å². The second-order valence-corrected chi connectivity index (χ2v) is 13.3. The van der Waals surface area contributed by atoms with E-state index in [1.165, 1.54) is 96.3 Å². The number of ether oxygens (including phenoxy) is 1. The molecular weight excluding hydrogens is 491 g/mol. The van der Waals surface area contributed by atoms with Crippen LogP contribution in [0.4, 0.5) is 4.39 Å². The van der Waals surface area contributed by atoms with Crippen LogP contribution in [-0.4, -0.2) is 6.61 Å². The van der Waals surface area contributed by atoms with Crippen molar-refractivity contribution >= 4 is 17.2 Å². The van der Waals surface area contributed by atoms with Crippen molar-refractivity contribution in [1.82, 2.24) is 0 Å². The quantitative estimate of drug-likeness (QED) is 0.224. The minimum Gasteiger partial charge on any atom is -0.492 e. The Balaban J connectivity index is 1.16. The van der Waals surface area contributed by atoms with Gasteiger partial charge in [-0.1, -0.05) is 115 Å². The van der Waals surface area contributed by atoms with E-state index in [4.69, 9.17) is 16.3 Å². The Morgan fingerprint density at radius 2 is 1.39 bits per heavy atom. The van der Waals surface area contributed by atoms with E-state index in [9.17, 15) is 0 Å². The Morgan fingerprint density at radius 1 is 0.763 bits per heavy atom. The molecule has 1 aromatic carbocycles. The summed E-state index contributed by atoms with van der Waals surface area (Å²) in [6, 6.07) is 3.72. The Bertz CT molecular complexity index is 863. The zero-order valence-corrected chi connectivity index (χ0v) is 25.2. The number of allylic oxidation sites excluding steroid dienone is 2. The molecule has 3 heteroatoms. The Hall–Kier alpha value is -1.02. The highest BCUT2D eigenvalue weighted by Gasteiger charge is 2.30. The number of hydrogen-bond donors (Lipinski definition) is 0. The lowest BCUT2D eigenvalue weighted by Gasteiger charge is -2.36.